The molecule has 1 aliphatic heterocycles. The van der Waals surface area contributed by atoms with E-state index >= 15 is 0 Å². The number of rotatable bonds is 5. The highest BCUT2D eigenvalue weighted by molar-refractivity contribution is 7.89. The number of carbonyl (C=O) groups is 2. The first-order valence-corrected chi connectivity index (χ1v) is 10.1. The van der Waals surface area contributed by atoms with E-state index in [1.165, 1.54) is 34.6 Å². The van der Waals surface area contributed by atoms with Gasteiger partial charge in [0, 0.05) is 18.7 Å². The Morgan fingerprint density at radius 2 is 1.74 bits per heavy atom. The van der Waals surface area contributed by atoms with Crippen LogP contribution in [0.3, 0.4) is 0 Å². The summed E-state index contributed by atoms with van der Waals surface area (Å²) in [6.45, 7) is 0.863. The van der Waals surface area contributed by atoms with Crippen molar-refractivity contribution in [2.24, 2.45) is 5.73 Å². The van der Waals surface area contributed by atoms with Gasteiger partial charge in [0.15, 0.2) is 0 Å². The quantitative estimate of drug-likeness (QED) is 0.793. The molecule has 0 unspecified atom stereocenters. The molecule has 0 atom stereocenters. The molecule has 1 fully saturated rings. The predicted octanol–water partition coefficient (Wildman–Crippen LogP) is 2.48. The number of hydrogen-bond acceptors (Lipinski definition) is 4. The molecule has 2 aromatic rings. The minimum absolute atomic E-state index is 0.0518. The van der Waals surface area contributed by atoms with Gasteiger partial charge < -0.3 is 11.1 Å². The van der Waals surface area contributed by atoms with E-state index < -0.39 is 21.8 Å². The van der Waals surface area contributed by atoms with Crippen LogP contribution < -0.4 is 11.1 Å². The summed E-state index contributed by atoms with van der Waals surface area (Å²) in [6, 6.07) is 10.3. The van der Waals surface area contributed by atoms with Gasteiger partial charge in [-0.2, -0.15) is 4.31 Å². The molecule has 0 saturated carbocycles. The lowest BCUT2D eigenvalue weighted by molar-refractivity contribution is 0.100. The lowest BCUT2D eigenvalue weighted by Crippen LogP contribution is -2.28. The Balaban J connectivity index is 1.92. The third kappa shape index (κ3) is 3.97. The van der Waals surface area contributed by atoms with Crippen LogP contribution in [0.2, 0.25) is 5.02 Å². The van der Waals surface area contributed by atoms with Crippen molar-refractivity contribution in [3.8, 4) is 0 Å². The van der Waals surface area contributed by atoms with Gasteiger partial charge in [-0.1, -0.05) is 23.7 Å². The number of hydrogen-bond donors (Lipinski definition) is 2. The van der Waals surface area contributed by atoms with E-state index in [2.05, 4.69) is 5.32 Å². The molecule has 0 spiro atoms. The van der Waals surface area contributed by atoms with Crippen molar-refractivity contribution in [3.63, 3.8) is 0 Å². The Kier molecular flexibility index (Phi) is 5.50. The first-order valence-electron chi connectivity index (χ1n) is 8.30. The number of amides is 2. The summed E-state index contributed by atoms with van der Waals surface area (Å²) in [5, 5.41) is 2.64. The molecular formula is C18H18ClN3O4S. The molecule has 7 nitrogen and oxygen atoms in total. The van der Waals surface area contributed by atoms with Crippen LogP contribution in [0.4, 0.5) is 5.69 Å². The van der Waals surface area contributed by atoms with Gasteiger partial charge in [-0.15, -0.1) is 0 Å². The van der Waals surface area contributed by atoms with Gasteiger partial charge in [-0.25, -0.2) is 8.42 Å². The molecule has 1 heterocycles. The average Bonchev–Trinajstić information content (AvgIpc) is 3.17. The van der Waals surface area contributed by atoms with Crippen LogP contribution in [-0.4, -0.2) is 37.6 Å². The number of benzene rings is 2. The first-order chi connectivity index (χ1) is 12.8. The molecule has 3 N–H and O–H groups in total. The summed E-state index contributed by atoms with van der Waals surface area (Å²) in [5.74, 6) is -1.25. The van der Waals surface area contributed by atoms with Crippen LogP contribution in [0.15, 0.2) is 47.4 Å². The number of carbonyl (C=O) groups excluding carboxylic acids is 2. The number of sulfonamides is 1. The van der Waals surface area contributed by atoms with E-state index in [1.54, 1.807) is 12.1 Å². The van der Waals surface area contributed by atoms with E-state index in [4.69, 9.17) is 17.3 Å². The van der Waals surface area contributed by atoms with E-state index in [0.717, 1.165) is 12.8 Å². The fourth-order valence-electron chi connectivity index (χ4n) is 2.91. The van der Waals surface area contributed by atoms with Gasteiger partial charge >= 0.3 is 0 Å². The number of nitrogens with zero attached hydrogens (tertiary/aromatic N) is 1. The van der Waals surface area contributed by atoms with E-state index in [9.17, 15) is 18.0 Å². The van der Waals surface area contributed by atoms with Crippen molar-refractivity contribution in [3.05, 3.63) is 58.6 Å². The van der Waals surface area contributed by atoms with Crippen LogP contribution in [0.1, 0.15) is 33.6 Å². The number of halogens is 1. The third-order valence-corrected chi connectivity index (χ3v) is 6.70. The Morgan fingerprint density at radius 1 is 1.07 bits per heavy atom. The van der Waals surface area contributed by atoms with E-state index in [1.807, 2.05) is 0 Å². The van der Waals surface area contributed by atoms with Gasteiger partial charge in [0.25, 0.3) is 11.8 Å². The Labute approximate surface area is 162 Å². The monoisotopic (exact) mass is 407 g/mol. The van der Waals surface area contributed by atoms with Gasteiger partial charge in [0.05, 0.1) is 16.3 Å². The highest BCUT2D eigenvalue weighted by atomic mass is 35.5. The summed E-state index contributed by atoms with van der Waals surface area (Å²) in [4.78, 5) is 24.0. The molecule has 0 radical (unpaired) electrons. The molecule has 1 aliphatic rings. The van der Waals surface area contributed by atoms with Gasteiger partial charge in [0.1, 0.15) is 4.90 Å². The zero-order valence-electron chi connectivity index (χ0n) is 14.3. The number of nitrogens with two attached hydrogens (primary N) is 1. The molecule has 0 aliphatic carbocycles. The summed E-state index contributed by atoms with van der Waals surface area (Å²) in [6.07, 6.45) is 1.59. The van der Waals surface area contributed by atoms with Gasteiger partial charge in [-0.3, -0.25) is 9.59 Å². The molecule has 0 bridgehead atoms. The predicted molar refractivity (Wildman–Crippen MR) is 102 cm³/mol. The summed E-state index contributed by atoms with van der Waals surface area (Å²) in [5.41, 5.74) is 5.82. The lowest BCUT2D eigenvalue weighted by Gasteiger charge is -2.17. The zero-order chi connectivity index (χ0) is 19.6. The van der Waals surface area contributed by atoms with Gasteiger partial charge in [0.2, 0.25) is 10.0 Å². The maximum Gasteiger partial charge on any atom is 0.255 e. The second kappa shape index (κ2) is 7.67. The summed E-state index contributed by atoms with van der Waals surface area (Å²) in [7, 11) is -3.77. The molecule has 2 amide bonds. The Morgan fingerprint density at radius 3 is 2.41 bits per heavy atom. The van der Waals surface area contributed by atoms with Crippen molar-refractivity contribution < 1.29 is 18.0 Å². The smallest absolute Gasteiger partial charge is 0.255 e. The number of nitrogens with one attached hydrogen (secondary N) is 1. The molecule has 2 aromatic carbocycles. The summed E-state index contributed by atoms with van der Waals surface area (Å²) >= 11 is 6.09. The van der Waals surface area contributed by atoms with Crippen LogP contribution >= 0.6 is 11.6 Å². The average molecular weight is 408 g/mol. The molecule has 3 rings (SSSR count). The Bertz CT molecular complexity index is 1000. The fraction of sp³-hybridized carbons (Fsp3) is 0.222. The Hall–Kier alpha value is -2.42. The van der Waals surface area contributed by atoms with Crippen LogP contribution in [0.25, 0.3) is 0 Å². The zero-order valence-corrected chi connectivity index (χ0v) is 15.9. The van der Waals surface area contributed by atoms with Crippen LogP contribution in [0, 0.1) is 0 Å². The normalized spacial score (nSPS) is 14.9. The number of anilines is 1. The van der Waals surface area contributed by atoms with Crippen molar-refractivity contribution in [1.29, 1.82) is 0 Å². The van der Waals surface area contributed by atoms with Crippen molar-refractivity contribution in [2.75, 3.05) is 18.4 Å². The molecule has 142 valence electrons. The molecule has 9 heteroatoms. The van der Waals surface area contributed by atoms with Crippen LogP contribution in [0.5, 0.6) is 0 Å². The van der Waals surface area contributed by atoms with Crippen molar-refractivity contribution in [2.45, 2.75) is 17.7 Å². The largest absolute Gasteiger partial charge is 0.366 e. The first kappa shape index (κ1) is 19.3. The van der Waals surface area contributed by atoms with Gasteiger partial charge in [-0.05, 0) is 43.2 Å². The second-order valence-electron chi connectivity index (χ2n) is 6.12. The van der Waals surface area contributed by atoms with E-state index in [-0.39, 0.29) is 26.7 Å². The van der Waals surface area contributed by atoms with Crippen molar-refractivity contribution >= 4 is 39.1 Å². The van der Waals surface area contributed by atoms with Crippen LogP contribution in [-0.2, 0) is 10.0 Å². The number of para-hydroxylation sites is 1. The molecule has 27 heavy (non-hydrogen) atoms. The highest BCUT2D eigenvalue weighted by Crippen LogP contribution is 2.28. The minimum atomic E-state index is -3.77. The topological polar surface area (TPSA) is 110 Å². The SMILES string of the molecule is NC(=O)c1ccccc1NC(=O)c1ccc(Cl)c(S(=O)(=O)N2CCCC2)c1. The van der Waals surface area contributed by atoms with Crippen molar-refractivity contribution in [1.82, 2.24) is 4.31 Å². The minimum Gasteiger partial charge on any atom is -0.366 e. The fourth-order valence-corrected chi connectivity index (χ4v) is 4.93. The molecule has 0 aromatic heterocycles. The number of primary amides is 1. The maximum absolute atomic E-state index is 12.8. The maximum atomic E-state index is 12.8. The second-order valence-corrected chi connectivity index (χ2v) is 8.43. The molecule has 1 saturated heterocycles. The highest BCUT2D eigenvalue weighted by Gasteiger charge is 2.29. The van der Waals surface area contributed by atoms with E-state index in [0.29, 0.717) is 13.1 Å². The standard InChI is InChI=1S/C18H18ClN3O4S/c19-14-8-7-12(11-16(14)27(25,26)22-9-3-4-10-22)18(24)21-15-6-2-1-5-13(15)17(20)23/h1-2,5-8,11H,3-4,9-10H2,(H2,20,23)(H,21,24). The third-order valence-electron chi connectivity index (χ3n) is 4.32. The lowest BCUT2D eigenvalue weighted by atomic mass is 10.1. The summed E-state index contributed by atoms with van der Waals surface area (Å²) < 4.78 is 26.9. The molecular weight excluding hydrogens is 390 g/mol.